The number of nitrogens with two attached hydrogens (primary N) is 1. The van der Waals surface area contributed by atoms with Crippen LogP contribution in [-0.2, 0) is 29.0 Å². The lowest BCUT2D eigenvalue weighted by atomic mass is 9.97. The SMILES string of the molecule is CN1CCCC1CCNC(=O)[C@@H](Cc1ccccc1)N(C)C(=O)[C@@H](Cc1ccc(-c2ccccc2)cc1)N(C)C(=O)c1cccc(CN)c1. The molecule has 8 heteroatoms. The van der Waals surface area contributed by atoms with Crippen LogP contribution in [-0.4, -0.2) is 84.8 Å². The highest BCUT2D eigenvalue weighted by Gasteiger charge is 2.35. The van der Waals surface area contributed by atoms with Crippen molar-refractivity contribution in [2.75, 3.05) is 34.2 Å². The van der Waals surface area contributed by atoms with Gasteiger partial charge in [-0.05, 0) is 72.8 Å². The van der Waals surface area contributed by atoms with E-state index in [0.29, 0.717) is 31.1 Å². The molecule has 0 bridgehead atoms. The lowest BCUT2D eigenvalue weighted by Crippen LogP contribution is -2.56. The normalized spacial score (nSPS) is 15.7. The third kappa shape index (κ3) is 9.22. The van der Waals surface area contributed by atoms with Gasteiger partial charge in [0.25, 0.3) is 5.91 Å². The third-order valence-corrected chi connectivity index (χ3v) is 9.81. The van der Waals surface area contributed by atoms with Gasteiger partial charge in [0.2, 0.25) is 11.8 Å². The van der Waals surface area contributed by atoms with E-state index in [9.17, 15) is 14.4 Å². The maximum absolute atomic E-state index is 14.6. The standard InChI is InChI=1S/C41H49N5O3/c1-44-25-11-18-36(44)23-24-43-39(47)37(27-30-12-6-4-7-13-30)45(2)41(49)38(46(3)40(48)35-17-10-14-32(26-35)29-42)28-31-19-21-34(22-20-31)33-15-8-5-9-16-33/h4-10,12-17,19-22,26,36-38H,11,18,23-25,27-29,42H2,1-3H3,(H,43,47)/t36?,37-,38-/m1/s1. The van der Waals surface area contributed by atoms with E-state index in [0.717, 1.165) is 47.2 Å². The monoisotopic (exact) mass is 659 g/mol. The third-order valence-electron chi connectivity index (χ3n) is 9.81. The van der Waals surface area contributed by atoms with Gasteiger partial charge in [0.15, 0.2) is 0 Å². The van der Waals surface area contributed by atoms with E-state index in [-0.39, 0.29) is 24.1 Å². The van der Waals surface area contributed by atoms with Crippen LogP contribution >= 0.6 is 0 Å². The fourth-order valence-corrected chi connectivity index (χ4v) is 6.71. The predicted molar refractivity (Wildman–Crippen MR) is 196 cm³/mol. The molecule has 1 fully saturated rings. The Morgan fingerprint density at radius 2 is 1.39 bits per heavy atom. The predicted octanol–water partition coefficient (Wildman–Crippen LogP) is 5.17. The van der Waals surface area contributed by atoms with Crippen molar-refractivity contribution in [3.05, 3.63) is 131 Å². The second-order valence-electron chi connectivity index (χ2n) is 13.1. The summed E-state index contributed by atoms with van der Waals surface area (Å²) in [7, 11) is 5.47. The van der Waals surface area contributed by atoms with Gasteiger partial charge in [-0.3, -0.25) is 14.4 Å². The molecule has 0 saturated carbocycles. The minimum absolute atomic E-state index is 0.198. The topological polar surface area (TPSA) is 99.0 Å². The second kappa shape index (κ2) is 17.0. The Labute approximate surface area is 290 Å². The first kappa shape index (κ1) is 35.5. The van der Waals surface area contributed by atoms with Crippen LogP contribution < -0.4 is 11.1 Å². The lowest BCUT2D eigenvalue weighted by Gasteiger charge is -2.35. The van der Waals surface area contributed by atoms with Gasteiger partial charge in [-0.1, -0.05) is 97.1 Å². The van der Waals surface area contributed by atoms with E-state index in [4.69, 9.17) is 5.73 Å². The summed E-state index contributed by atoms with van der Waals surface area (Å²) < 4.78 is 0. The number of nitrogens with one attached hydrogen (secondary N) is 1. The van der Waals surface area contributed by atoms with Gasteiger partial charge < -0.3 is 25.8 Å². The number of likely N-dealkylation sites (tertiary alicyclic amines) is 1. The van der Waals surface area contributed by atoms with E-state index in [2.05, 4.69) is 29.4 Å². The maximum Gasteiger partial charge on any atom is 0.254 e. The highest BCUT2D eigenvalue weighted by Crippen LogP contribution is 2.23. The van der Waals surface area contributed by atoms with Crippen molar-refractivity contribution in [2.24, 2.45) is 5.73 Å². The highest BCUT2D eigenvalue weighted by atomic mass is 16.2. The summed E-state index contributed by atoms with van der Waals surface area (Å²) in [6.07, 6.45) is 3.79. The summed E-state index contributed by atoms with van der Waals surface area (Å²) >= 11 is 0. The van der Waals surface area contributed by atoms with Gasteiger partial charge in [-0.15, -0.1) is 0 Å². The molecule has 5 rings (SSSR count). The molecule has 4 aromatic rings. The van der Waals surface area contributed by atoms with Crippen molar-refractivity contribution in [1.29, 1.82) is 0 Å². The van der Waals surface area contributed by atoms with E-state index in [1.54, 1.807) is 32.3 Å². The van der Waals surface area contributed by atoms with Crippen molar-refractivity contribution in [2.45, 2.75) is 56.8 Å². The Hall–Kier alpha value is -4.79. The van der Waals surface area contributed by atoms with E-state index < -0.39 is 12.1 Å². The first-order chi connectivity index (χ1) is 23.7. The van der Waals surface area contributed by atoms with Crippen molar-refractivity contribution in [3.63, 3.8) is 0 Å². The van der Waals surface area contributed by atoms with E-state index >= 15 is 0 Å². The number of rotatable bonds is 14. The number of benzene rings is 4. The van der Waals surface area contributed by atoms with E-state index in [1.807, 2.05) is 78.9 Å². The molecule has 1 heterocycles. The van der Waals surface area contributed by atoms with Crippen LogP contribution in [0.5, 0.6) is 0 Å². The molecule has 0 spiro atoms. The zero-order chi connectivity index (χ0) is 34.8. The van der Waals surface area contributed by atoms with Gasteiger partial charge >= 0.3 is 0 Å². The highest BCUT2D eigenvalue weighted by molar-refractivity contribution is 5.98. The molecule has 256 valence electrons. The van der Waals surface area contributed by atoms with Gasteiger partial charge in [0.05, 0.1) is 0 Å². The van der Waals surface area contributed by atoms with Crippen LogP contribution in [0.15, 0.2) is 109 Å². The number of hydrogen-bond donors (Lipinski definition) is 2. The van der Waals surface area contributed by atoms with Crippen molar-refractivity contribution >= 4 is 17.7 Å². The molecule has 3 N–H and O–H groups in total. The molecule has 49 heavy (non-hydrogen) atoms. The number of carbonyl (C=O) groups is 3. The molecule has 0 aliphatic carbocycles. The lowest BCUT2D eigenvalue weighted by molar-refractivity contribution is -0.142. The molecule has 3 amide bonds. The van der Waals surface area contributed by atoms with Crippen molar-refractivity contribution < 1.29 is 14.4 Å². The summed E-state index contributed by atoms with van der Waals surface area (Å²) in [6.45, 7) is 1.91. The maximum atomic E-state index is 14.6. The van der Waals surface area contributed by atoms with Crippen LogP contribution in [0.1, 0.15) is 46.3 Å². The largest absolute Gasteiger partial charge is 0.354 e. The Bertz CT molecular complexity index is 1680. The van der Waals surface area contributed by atoms with Crippen LogP contribution in [0.4, 0.5) is 0 Å². The van der Waals surface area contributed by atoms with Crippen LogP contribution in [0.25, 0.3) is 11.1 Å². The molecule has 8 nitrogen and oxygen atoms in total. The van der Waals surface area contributed by atoms with Gasteiger partial charge in [0.1, 0.15) is 12.1 Å². The molecular formula is C41H49N5O3. The van der Waals surface area contributed by atoms with Crippen LogP contribution in [0.3, 0.4) is 0 Å². The molecule has 1 aliphatic rings. The number of hydrogen-bond acceptors (Lipinski definition) is 5. The van der Waals surface area contributed by atoms with Crippen LogP contribution in [0, 0.1) is 0 Å². The van der Waals surface area contributed by atoms with E-state index in [1.165, 1.54) is 16.2 Å². The molecule has 3 atom stereocenters. The fourth-order valence-electron chi connectivity index (χ4n) is 6.71. The summed E-state index contributed by atoms with van der Waals surface area (Å²) in [5.41, 5.74) is 11.2. The average Bonchev–Trinajstić information content (AvgIpc) is 3.56. The molecule has 1 unspecified atom stereocenters. The molecule has 0 radical (unpaired) electrons. The fraction of sp³-hybridized carbons (Fsp3) is 0.341. The van der Waals surface area contributed by atoms with Gasteiger partial charge in [-0.25, -0.2) is 0 Å². The summed E-state index contributed by atoms with van der Waals surface area (Å²) in [6, 6.07) is 34.0. The number of carbonyl (C=O) groups excluding carboxylic acids is 3. The Morgan fingerprint density at radius 3 is 2.04 bits per heavy atom. The Morgan fingerprint density at radius 1 is 0.776 bits per heavy atom. The Kier molecular flexibility index (Phi) is 12.4. The van der Waals surface area contributed by atoms with Crippen molar-refractivity contribution in [1.82, 2.24) is 20.0 Å². The van der Waals surface area contributed by atoms with Gasteiger partial charge in [-0.2, -0.15) is 0 Å². The zero-order valence-electron chi connectivity index (χ0n) is 28.9. The molecule has 1 saturated heterocycles. The summed E-state index contributed by atoms with van der Waals surface area (Å²) in [5, 5.41) is 3.14. The van der Waals surface area contributed by atoms with Crippen LogP contribution in [0.2, 0.25) is 0 Å². The van der Waals surface area contributed by atoms with Crippen molar-refractivity contribution in [3.8, 4) is 11.1 Å². The number of likely N-dealkylation sites (N-methyl/N-ethyl adjacent to an activating group) is 2. The molecule has 1 aliphatic heterocycles. The average molecular weight is 660 g/mol. The minimum atomic E-state index is -0.861. The second-order valence-corrected chi connectivity index (χ2v) is 13.1. The smallest absolute Gasteiger partial charge is 0.254 e. The Balaban J connectivity index is 1.41. The number of amides is 3. The molecule has 0 aromatic heterocycles. The minimum Gasteiger partial charge on any atom is -0.354 e. The quantitative estimate of drug-likeness (QED) is 0.195. The number of nitrogens with zero attached hydrogens (tertiary/aromatic N) is 3. The summed E-state index contributed by atoms with van der Waals surface area (Å²) in [5.74, 6) is -0.784. The zero-order valence-corrected chi connectivity index (χ0v) is 28.9. The molecule has 4 aromatic carbocycles. The molecular weight excluding hydrogens is 610 g/mol. The van der Waals surface area contributed by atoms with Gasteiger partial charge in [0, 0.05) is 51.6 Å². The first-order valence-corrected chi connectivity index (χ1v) is 17.2. The summed E-state index contributed by atoms with van der Waals surface area (Å²) in [4.78, 5) is 47.8. The first-order valence-electron chi connectivity index (χ1n) is 17.2.